The molecule has 0 bridgehead atoms. The molecule has 0 unspecified atom stereocenters. The molecule has 0 aliphatic heterocycles. The molecule has 1 aliphatic carbocycles. The van der Waals surface area contributed by atoms with Crippen molar-refractivity contribution in [3.05, 3.63) is 39.6 Å². The molecule has 1 aliphatic rings. The molecular weight excluding hydrogens is 443 g/mol. The number of benzene rings is 1. The van der Waals surface area contributed by atoms with Gasteiger partial charge in [0.1, 0.15) is 6.61 Å². The molecule has 1 aromatic heterocycles. The summed E-state index contributed by atoms with van der Waals surface area (Å²) in [5.41, 5.74) is 3.52. The number of rotatable bonds is 7. The van der Waals surface area contributed by atoms with Crippen LogP contribution in [-0.4, -0.2) is 34.1 Å². The number of halogens is 1. The Balaban J connectivity index is 1.61. The molecule has 1 saturated carbocycles. The summed E-state index contributed by atoms with van der Waals surface area (Å²) in [6.45, 7) is 3.39. The van der Waals surface area contributed by atoms with Crippen LogP contribution >= 0.6 is 22.6 Å². The second kappa shape index (κ2) is 8.99. The van der Waals surface area contributed by atoms with E-state index in [0.717, 1.165) is 37.9 Å². The van der Waals surface area contributed by atoms with E-state index in [-0.39, 0.29) is 6.61 Å². The highest BCUT2D eigenvalue weighted by Crippen LogP contribution is 2.33. The molecule has 0 atom stereocenters. The van der Waals surface area contributed by atoms with Crippen LogP contribution in [0, 0.1) is 22.3 Å². The minimum atomic E-state index is -0.893. The summed E-state index contributed by atoms with van der Waals surface area (Å²) in [6.07, 6.45) is 4.49. The van der Waals surface area contributed by atoms with Crippen LogP contribution in [0.25, 0.3) is 11.3 Å². The van der Waals surface area contributed by atoms with E-state index in [1.165, 1.54) is 14.8 Å². The molecule has 5 nitrogen and oxygen atoms in total. The standard InChI is InChI=1S/C20H25IN2O3/c1-14-19(21)20(17-5-3-2-4-6-17)23(22-14)11-15-7-9-16(10-8-15)12-26-13-18(24)25/h2-6,15-16H,7-13H2,1H3,(H,24,25)/t15-,16-. The van der Waals surface area contributed by atoms with Gasteiger partial charge in [-0.1, -0.05) is 30.3 Å². The van der Waals surface area contributed by atoms with Crippen molar-refractivity contribution in [2.75, 3.05) is 13.2 Å². The van der Waals surface area contributed by atoms with Crippen LogP contribution in [0.15, 0.2) is 30.3 Å². The van der Waals surface area contributed by atoms with Gasteiger partial charge in [0.05, 0.1) is 21.6 Å². The van der Waals surface area contributed by atoms with Gasteiger partial charge in [-0.15, -0.1) is 0 Å². The third-order valence-electron chi connectivity index (χ3n) is 5.08. The number of carboxylic acids is 1. The highest BCUT2D eigenvalue weighted by molar-refractivity contribution is 14.1. The highest BCUT2D eigenvalue weighted by Gasteiger charge is 2.24. The second-order valence-electron chi connectivity index (χ2n) is 7.09. The minimum absolute atomic E-state index is 0.189. The van der Waals surface area contributed by atoms with Gasteiger partial charge in [-0.2, -0.15) is 5.10 Å². The maximum atomic E-state index is 10.5. The van der Waals surface area contributed by atoms with Gasteiger partial charge >= 0.3 is 5.97 Å². The first kappa shape index (κ1) is 19.4. The molecule has 6 heteroatoms. The van der Waals surface area contributed by atoms with Gasteiger partial charge in [-0.25, -0.2) is 4.79 Å². The van der Waals surface area contributed by atoms with Gasteiger partial charge in [0, 0.05) is 12.1 Å². The topological polar surface area (TPSA) is 64.4 Å². The SMILES string of the molecule is Cc1nn(C[C@H]2CC[C@H](COCC(=O)O)CC2)c(-c2ccccc2)c1I. The summed E-state index contributed by atoms with van der Waals surface area (Å²) in [7, 11) is 0. The Morgan fingerprint density at radius 2 is 1.88 bits per heavy atom. The summed E-state index contributed by atoms with van der Waals surface area (Å²) in [4.78, 5) is 10.5. The van der Waals surface area contributed by atoms with Crippen molar-refractivity contribution in [3.8, 4) is 11.3 Å². The van der Waals surface area contributed by atoms with Crippen molar-refractivity contribution in [1.82, 2.24) is 9.78 Å². The molecule has 1 N–H and O–H groups in total. The van der Waals surface area contributed by atoms with Crippen molar-refractivity contribution >= 4 is 28.6 Å². The first-order valence-electron chi connectivity index (χ1n) is 9.12. The Hall–Kier alpha value is -1.41. The van der Waals surface area contributed by atoms with E-state index >= 15 is 0 Å². The fourth-order valence-electron chi connectivity index (χ4n) is 3.70. The van der Waals surface area contributed by atoms with E-state index in [1.807, 2.05) is 6.07 Å². The van der Waals surface area contributed by atoms with Crippen LogP contribution < -0.4 is 0 Å². The first-order chi connectivity index (χ1) is 12.5. The van der Waals surface area contributed by atoms with E-state index in [4.69, 9.17) is 14.9 Å². The summed E-state index contributed by atoms with van der Waals surface area (Å²) < 4.78 is 8.67. The quantitative estimate of drug-likeness (QED) is 0.614. The lowest BCUT2D eigenvalue weighted by atomic mass is 9.82. The average Bonchev–Trinajstić information content (AvgIpc) is 2.91. The van der Waals surface area contributed by atoms with E-state index in [2.05, 4.69) is 58.5 Å². The Morgan fingerprint density at radius 1 is 1.23 bits per heavy atom. The summed E-state index contributed by atoms with van der Waals surface area (Å²) in [5, 5.41) is 13.4. The lowest BCUT2D eigenvalue weighted by molar-refractivity contribution is -0.142. The van der Waals surface area contributed by atoms with Gasteiger partial charge < -0.3 is 9.84 Å². The van der Waals surface area contributed by atoms with Gasteiger partial charge in [0.15, 0.2) is 0 Å². The minimum Gasteiger partial charge on any atom is -0.480 e. The Kier molecular flexibility index (Phi) is 6.69. The normalized spacial score (nSPS) is 20.2. The number of carbonyl (C=O) groups is 1. The zero-order valence-electron chi connectivity index (χ0n) is 15.0. The lowest BCUT2D eigenvalue weighted by Crippen LogP contribution is -2.23. The molecular formula is C20H25IN2O3. The van der Waals surface area contributed by atoms with Crippen molar-refractivity contribution in [2.45, 2.75) is 39.2 Å². The van der Waals surface area contributed by atoms with Gasteiger partial charge in [0.25, 0.3) is 0 Å². The van der Waals surface area contributed by atoms with Crippen LogP contribution in [0.1, 0.15) is 31.4 Å². The third-order valence-corrected chi connectivity index (χ3v) is 6.37. The van der Waals surface area contributed by atoms with Crippen molar-refractivity contribution in [2.24, 2.45) is 11.8 Å². The molecule has 2 aromatic rings. The zero-order valence-corrected chi connectivity index (χ0v) is 17.2. The van der Waals surface area contributed by atoms with E-state index in [1.54, 1.807) is 0 Å². The number of aliphatic carboxylic acids is 1. The number of aromatic nitrogens is 2. The summed E-state index contributed by atoms with van der Waals surface area (Å²) >= 11 is 2.40. The number of ether oxygens (including phenoxy) is 1. The fourth-order valence-corrected chi connectivity index (χ4v) is 4.40. The number of nitrogens with zero attached hydrogens (tertiary/aromatic N) is 2. The Morgan fingerprint density at radius 3 is 2.54 bits per heavy atom. The lowest BCUT2D eigenvalue weighted by Gasteiger charge is -2.28. The first-order valence-corrected chi connectivity index (χ1v) is 10.2. The fraction of sp³-hybridized carbons (Fsp3) is 0.500. The molecule has 26 heavy (non-hydrogen) atoms. The molecule has 1 aromatic carbocycles. The van der Waals surface area contributed by atoms with Crippen LogP contribution in [0.5, 0.6) is 0 Å². The second-order valence-corrected chi connectivity index (χ2v) is 8.17. The molecule has 0 saturated heterocycles. The van der Waals surface area contributed by atoms with Gasteiger partial charge in [0.2, 0.25) is 0 Å². The Labute approximate surface area is 167 Å². The molecule has 1 fully saturated rings. The molecule has 1 heterocycles. The maximum absolute atomic E-state index is 10.5. The third kappa shape index (κ3) is 4.85. The van der Waals surface area contributed by atoms with Crippen molar-refractivity contribution < 1.29 is 14.6 Å². The number of hydrogen-bond acceptors (Lipinski definition) is 3. The molecule has 140 valence electrons. The van der Waals surface area contributed by atoms with Gasteiger partial charge in [-0.05, 0) is 67.0 Å². The van der Waals surface area contributed by atoms with Crippen LogP contribution in [0.4, 0.5) is 0 Å². The molecule has 0 amide bonds. The number of aryl methyl sites for hydroxylation is 1. The van der Waals surface area contributed by atoms with E-state index < -0.39 is 5.97 Å². The predicted octanol–water partition coefficient (Wildman–Crippen LogP) is 4.37. The molecule has 0 radical (unpaired) electrons. The highest BCUT2D eigenvalue weighted by atomic mass is 127. The van der Waals surface area contributed by atoms with Crippen LogP contribution in [0.3, 0.4) is 0 Å². The van der Waals surface area contributed by atoms with E-state index in [0.29, 0.717) is 18.4 Å². The monoisotopic (exact) mass is 468 g/mol. The smallest absolute Gasteiger partial charge is 0.329 e. The zero-order chi connectivity index (χ0) is 18.5. The van der Waals surface area contributed by atoms with Crippen molar-refractivity contribution in [1.29, 1.82) is 0 Å². The molecule has 3 rings (SSSR count). The Bertz CT molecular complexity index is 737. The largest absolute Gasteiger partial charge is 0.480 e. The van der Waals surface area contributed by atoms with Crippen molar-refractivity contribution in [3.63, 3.8) is 0 Å². The van der Waals surface area contributed by atoms with Gasteiger partial charge in [-0.3, -0.25) is 4.68 Å². The molecule has 0 spiro atoms. The summed E-state index contributed by atoms with van der Waals surface area (Å²) in [5.74, 6) is 0.206. The predicted molar refractivity (Wildman–Crippen MR) is 109 cm³/mol. The summed E-state index contributed by atoms with van der Waals surface area (Å²) in [6, 6.07) is 10.5. The van der Waals surface area contributed by atoms with Crippen LogP contribution in [-0.2, 0) is 16.1 Å². The number of carboxylic acid groups (broad SMARTS) is 1. The maximum Gasteiger partial charge on any atom is 0.329 e. The van der Waals surface area contributed by atoms with E-state index in [9.17, 15) is 4.79 Å². The average molecular weight is 468 g/mol. The van der Waals surface area contributed by atoms with Crippen LogP contribution in [0.2, 0.25) is 0 Å². The number of hydrogen-bond donors (Lipinski definition) is 1.